The number of urea groups is 1. The predicted molar refractivity (Wildman–Crippen MR) is 67.3 cm³/mol. The summed E-state index contributed by atoms with van der Waals surface area (Å²) in [6.45, 7) is -1.39. The lowest BCUT2D eigenvalue weighted by Gasteiger charge is -2.09. The zero-order chi connectivity index (χ0) is 15.2. The Morgan fingerprint density at radius 3 is 2.65 bits per heavy atom. The van der Waals surface area contributed by atoms with Crippen molar-refractivity contribution < 1.29 is 27.9 Å². The van der Waals surface area contributed by atoms with Gasteiger partial charge in [-0.25, -0.2) is 9.59 Å². The van der Waals surface area contributed by atoms with E-state index in [2.05, 4.69) is 5.32 Å². The zero-order valence-corrected chi connectivity index (χ0v) is 10.8. The molecular weight excluding hydrogens is 297 g/mol. The summed E-state index contributed by atoms with van der Waals surface area (Å²) in [5.41, 5.74) is 0.591. The van der Waals surface area contributed by atoms with E-state index in [0.29, 0.717) is 10.4 Å². The van der Waals surface area contributed by atoms with E-state index in [-0.39, 0.29) is 6.54 Å². The third-order valence-corrected chi connectivity index (χ3v) is 2.98. The fourth-order valence-electron chi connectivity index (χ4n) is 1.21. The third-order valence-electron chi connectivity index (χ3n) is 2.04. The Kier molecular flexibility index (Phi) is 5.56. The third kappa shape index (κ3) is 6.23. The van der Waals surface area contributed by atoms with Crippen LogP contribution in [0.25, 0.3) is 6.08 Å². The largest absolute Gasteiger partial charge is 0.478 e. The van der Waals surface area contributed by atoms with E-state index in [1.54, 1.807) is 16.8 Å². The molecule has 0 aromatic carbocycles. The van der Waals surface area contributed by atoms with E-state index in [0.717, 1.165) is 6.08 Å². The smallest absolute Gasteiger partial charge is 0.405 e. The lowest BCUT2D eigenvalue weighted by atomic mass is 10.2. The molecule has 1 rings (SSSR count). The quantitative estimate of drug-likeness (QED) is 0.730. The number of carboxylic acids is 1. The van der Waals surface area contributed by atoms with Crippen LogP contribution in [0.15, 0.2) is 17.5 Å². The molecule has 0 aliphatic heterocycles. The average Bonchev–Trinajstić information content (AvgIpc) is 2.77. The van der Waals surface area contributed by atoms with Gasteiger partial charge in [-0.2, -0.15) is 13.2 Å². The first-order valence-electron chi connectivity index (χ1n) is 5.34. The first-order chi connectivity index (χ1) is 9.28. The van der Waals surface area contributed by atoms with Crippen molar-refractivity contribution in [3.05, 3.63) is 28.0 Å². The molecule has 3 N–H and O–H groups in total. The van der Waals surface area contributed by atoms with Crippen LogP contribution in [0.3, 0.4) is 0 Å². The van der Waals surface area contributed by atoms with E-state index in [1.807, 2.05) is 0 Å². The van der Waals surface area contributed by atoms with Crippen LogP contribution < -0.4 is 10.6 Å². The minimum atomic E-state index is -4.46. The van der Waals surface area contributed by atoms with Crippen molar-refractivity contribution in [3.8, 4) is 0 Å². The molecule has 0 atom stereocenters. The Morgan fingerprint density at radius 1 is 1.35 bits per heavy atom. The van der Waals surface area contributed by atoms with Crippen molar-refractivity contribution in [1.82, 2.24) is 10.6 Å². The number of thiophene rings is 1. The maximum Gasteiger partial charge on any atom is 0.405 e. The molecule has 0 unspecified atom stereocenters. The van der Waals surface area contributed by atoms with Crippen molar-refractivity contribution in [2.75, 3.05) is 6.54 Å². The molecular formula is C11H11F3N2O3S. The number of aliphatic carboxylic acids is 1. The highest BCUT2D eigenvalue weighted by molar-refractivity contribution is 7.10. The summed E-state index contributed by atoms with van der Waals surface area (Å²) in [5.74, 6) is -1.11. The van der Waals surface area contributed by atoms with Gasteiger partial charge in [0.15, 0.2) is 0 Å². The molecule has 1 aromatic heterocycles. The van der Waals surface area contributed by atoms with Gasteiger partial charge in [0.1, 0.15) is 6.54 Å². The van der Waals surface area contributed by atoms with Crippen molar-refractivity contribution >= 4 is 29.4 Å². The second kappa shape index (κ2) is 6.94. The molecule has 9 heteroatoms. The maximum atomic E-state index is 11.9. The maximum absolute atomic E-state index is 11.9. The molecule has 0 bridgehead atoms. The Labute approximate surface area is 116 Å². The minimum Gasteiger partial charge on any atom is -0.478 e. The summed E-state index contributed by atoms with van der Waals surface area (Å²) in [5, 5.41) is 14.1. The van der Waals surface area contributed by atoms with Crippen LogP contribution in [-0.4, -0.2) is 29.8 Å². The summed E-state index contributed by atoms with van der Waals surface area (Å²) in [6.07, 6.45) is -2.17. The summed E-state index contributed by atoms with van der Waals surface area (Å²) in [7, 11) is 0. The van der Waals surface area contributed by atoms with Crippen LogP contribution in [0, 0.1) is 0 Å². The number of carbonyl (C=O) groups is 2. The highest BCUT2D eigenvalue weighted by atomic mass is 32.1. The lowest BCUT2D eigenvalue weighted by molar-refractivity contribution is -0.131. The molecule has 1 aromatic rings. The molecule has 110 valence electrons. The molecule has 0 saturated heterocycles. The first kappa shape index (κ1) is 16.0. The molecule has 0 radical (unpaired) electrons. The second-order valence-electron chi connectivity index (χ2n) is 3.62. The lowest BCUT2D eigenvalue weighted by Crippen LogP contribution is -2.40. The summed E-state index contributed by atoms with van der Waals surface area (Å²) in [6, 6.07) is 0.707. The van der Waals surface area contributed by atoms with Gasteiger partial charge in [-0.05, 0) is 23.1 Å². The monoisotopic (exact) mass is 308 g/mol. The first-order valence-corrected chi connectivity index (χ1v) is 6.22. The highest BCUT2D eigenvalue weighted by Crippen LogP contribution is 2.18. The molecule has 0 aliphatic rings. The number of hydrogen-bond acceptors (Lipinski definition) is 3. The van der Waals surface area contributed by atoms with Gasteiger partial charge in [0.2, 0.25) is 0 Å². The molecule has 5 nitrogen and oxygen atoms in total. The number of hydrogen-bond donors (Lipinski definition) is 3. The molecule has 0 spiro atoms. The highest BCUT2D eigenvalue weighted by Gasteiger charge is 2.27. The van der Waals surface area contributed by atoms with E-state index < -0.39 is 24.7 Å². The number of nitrogens with one attached hydrogen (secondary N) is 2. The second-order valence-corrected chi connectivity index (χ2v) is 4.62. The number of carboxylic acid groups (broad SMARTS) is 1. The van der Waals surface area contributed by atoms with Gasteiger partial charge in [-0.15, -0.1) is 11.3 Å². The Hall–Kier alpha value is -2.03. The average molecular weight is 308 g/mol. The molecule has 0 aliphatic carbocycles. The van der Waals surface area contributed by atoms with Gasteiger partial charge < -0.3 is 15.7 Å². The number of rotatable bonds is 5. The van der Waals surface area contributed by atoms with Crippen molar-refractivity contribution in [3.63, 3.8) is 0 Å². The fraction of sp³-hybridized carbons (Fsp3) is 0.273. The SMILES string of the molecule is O=C(O)/C=C/c1ccsc1CNC(=O)NCC(F)(F)F. The van der Waals surface area contributed by atoms with Gasteiger partial charge in [0.25, 0.3) is 0 Å². The fourth-order valence-corrected chi connectivity index (χ4v) is 2.01. The predicted octanol–water partition coefficient (Wildman–Crippen LogP) is 2.21. The van der Waals surface area contributed by atoms with Gasteiger partial charge in [-0.1, -0.05) is 0 Å². The van der Waals surface area contributed by atoms with Crippen molar-refractivity contribution in [2.45, 2.75) is 12.7 Å². The topological polar surface area (TPSA) is 78.4 Å². The molecule has 0 saturated carbocycles. The van der Waals surface area contributed by atoms with Crippen LogP contribution in [0.2, 0.25) is 0 Å². The number of alkyl halides is 3. The van der Waals surface area contributed by atoms with Crippen LogP contribution in [-0.2, 0) is 11.3 Å². The van der Waals surface area contributed by atoms with Crippen LogP contribution in [0.4, 0.5) is 18.0 Å². The standard InChI is InChI=1S/C11H11F3N2O3S/c12-11(13,14)6-16-10(19)15-5-8-7(3-4-20-8)1-2-9(17)18/h1-4H,5-6H2,(H,17,18)(H2,15,16,19)/b2-1+. The van der Waals surface area contributed by atoms with E-state index in [9.17, 15) is 22.8 Å². The van der Waals surface area contributed by atoms with Gasteiger partial charge in [0.05, 0.1) is 6.54 Å². The van der Waals surface area contributed by atoms with E-state index in [4.69, 9.17) is 5.11 Å². The van der Waals surface area contributed by atoms with Crippen molar-refractivity contribution in [2.24, 2.45) is 0 Å². The number of halogens is 3. The summed E-state index contributed by atoms with van der Waals surface area (Å²) >= 11 is 1.26. The van der Waals surface area contributed by atoms with Crippen LogP contribution >= 0.6 is 11.3 Å². The Balaban J connectivity index is 2.48. The van der Waals surface area contributed by atoms with Crippen molar-refractivity contribution in [1.29, 1.82) is 0 Å². The normalized spacial score (nSPS) is 11.6. The van der Waals surface area contributed by atoms with Gasteiger partial charge in [-0.3, -0.25) is 0 Å². The molecule has 0 fully saturated rings. The zero-order valence-electron chi connectivity index (χ0n) is 10.0. The molecule has 20 heavy (non-hydrogen) atoms. The van der Waals surface area contributed by atoms with Gasteiger partial charge in [0, 0.05) is 11.0 Å². The van der Waals surface area contributed by atoms with Gasteiger partial charge >= 0.3 is 18.2 Å². The molecule has 2 amide bonds. The Morgan fingerprint density at radius 2 is 2.05 bits per heavy atom. The Bertz CT molecular complexity index is 511. The number of amides is 2. The van der Waals surface area contributed by atoms with Crippen LogP contribution in [0.1, 0.15) is 10.4 Å². The molecule has 1 heterocycles. The van der Waals surface area contributed by atoms with E-state index in [1.165, 1.54) is 17.4 Å². The number of carbonyl (C=O) groups excluding carboxylic acids is 1. The minimum absolute atomic E-state index is 0.0145. The van der Waals surface area contributed by atoms with Crippen LogP contribution in [0.5, 0.6) is 0 Å². The summed E-state index contributed by atoms with van der Waals surface area (Å²) < 4.78 is 35.6. The summed E-state index contributed by atoms with van der Waals surface area (Å²) in [4.78, 5) is 22.2. The van der Waals surface area contributed by atoms with E-state index >= 15 is 0 Å².